The topological polar surface area (TPSA) is 55.8 Å². The second kappa shape index (κ2) is 6.20. The Morgan fingerprint density at radius 2 is 1.72 bits per heavy atom. The molecule has 2 aromatic carbocycles. The van der Waals surface area contributed by atoms with Crippen LogP contribution in [0.25, 0.3) is 11.1 Å². The fourth-order valence-electron chi connectivity index (χ4n) is 3.45. The van der Waals surface area contributed by atoms with Crippen LogP contribution >= 0.6 is 0 Å². The molecule has 1 unspecified atom stereocenters. The van der Waals surface area contributed by atoms with E-state index in [2.05, 4.69) is 0 Å². The number of rotatable bonds is 3. The Labute approximate surface area is 144 Å². The van der Waals surface area contributed by atoms with E-state index in [1.807, 2.05) is 48.5 Å². The zero-order valence-corrected chi connectivity index (χ0v) is 13.4. The highest BCUT2D eigenvalue weighted by Gasteiger charge is 2.39. The van der Waals surface area contributed by atoms with Gasteiger partial charge in [0.05, 0.1) is 0 Å². The summed E-state index contributed by atoms with van der Waals surface area (Å²) in [6, 6.07) is 14.8. The molecule has 0 saturated carbocycles. The number of halogens is 1. The highest BCUT2D eigenvalue weighted by molar-refractivity contribution is 5.84. The van der Waals surface area contributed by atoms with Crippen molar-refractivity contribution in [3.8, 4) is 11.1 Å². The number of nitrogens with zero attached hydrogens (tertiary/aromatic N) is 1. The fourth-order valence-corrected chi connectivity index (χ4v) is 3.45. The molecule has 1 atom stereocenters. The minimum Gasteiger partial charge on any atom is -0.448 e. The van der Waals surface area contributed by atoms with Crippen LogP contribution in [0, 0.1) is 0 Å². The van der Waals surface area contributed by atoms with E-state index in [-0.39, 0.29) is 19.3 Å². The molecule has 1 aliphatic carbocycles. The van der Waals surface area contributed by atoms with Crippen molar-refractivity contribution in [2.45, 2.75) is 12.0 Å². The third-order valence-electron chi connectivity index (χ3n) is 4.71. The van der Waals surface area contributed by atoms with Gasteiger partial charge in [-0.2, -0.15) is 0 Å². The average molecular weight is 341 g/mol. The molecule has 0 bridgehead atoms. The Morgan fingerprint density at radius 1 is 1.12 bits per heavy atom. The Balaban J connectivity index is 1.54. The van der Waals surface area contributed by atoms with Gasteiger partial charge in [-0.1, -0.05) is 48.5 Å². The van der Waals surface area contributed by atoms with E-state index in [1.54, 1.807) is 0 Å². The molecule has 25 heavy (non-hydrogen) atoms. The van der Waals surface area contributed by atoms with E-state index in [9.17, 15) is 14.0 Å². The Bertz CT molecular complexity index is 792. The van der Waals surface area contributed by atoms with Crippen molar-refractivity contribution >= 4 is 12.1 Å². The van der Waals surface area contributed by atoms with Crippen molar-refractivity contribution in [1.29, 1.82) is 0 Å². The monoisotopic (exact) mass is 341 g/mol. The van der Waals surface area contributed by atoms with E-state index in [0.717, 1.165) is 27.2 Å². The molecule has 2 aliphatic rings. The van der Waals surface area contributed by atoms with Gasteiger partial charge in [0, 0.05) is 5.92 Å². The number of cyclic esters (lactones) is 1. The Morgan fingerprint density at radius 3 is 2.32 bits per heavy atom. The van der Waals surface area contributed by atoms with Gasteiger partial charge in [0.2, 0.25) is 0 Å². The van der Waals surface area contributed by atoms with Crippen LogP contribution in [0.4, 0.5) is 9.18 Å². The number of ether oxygens (including phenoxy) is 2. The van der Waals surface area contributed by atoms with Crippen molar-refractivity contribution < 1.29 is 23.5 Å². The summed E-state index contributed by atoms with van der Waals surface area (Å²) in [6.45, 7) is -1.14. The molecule has 5 nitrogen and oxygen atoms in total. The van der Waals surface area contributed by atoms with E-state index in [0.29, 0.717) is 0 Å². The summed E-state index contributed by atoms with van der Waals surface area (Å²) < 4.78 is 23.1. The number of hydrogen-bond donors (Lipinski definition) is 0. The molecular weight excluding hydrogens is 325 g/mol. The van der Waals surface area contributed by atoms with E-state index in [4.69, 9.17) is 9.47 Å². The van der Waals surface area contributed by atoms with Crippen LogP contribution in [0.2, 0.25) is 0 Å². The first-order valence-corrected chi connectivity index (χ1v) is 8.05. The Hall–Kier alpha value is -2.89. The van der Waals surface area contributed by atoms with E-state index in [1.165, 1.54) is 0 Å². The molecule has 0 aromatic heterocycles. The van der Waals surface area contributed by atoms with Gasteiger partial charge >= 0.3 is 12.1 Å². The standard InChI is InChI=1S/C19H16FNO4/c20-9-17-18(22)25-11-21(17)19(23)24-10-16-14-7-3-1-5-12(14)13-6-2-4-8-15(13)16/h1-8,16-17H,9-11H2. The molecule has 6 heteroatoms. The van der Waals surface area contributed by atoms with Gasteiger partial charge in [-0.15, -0.1) is 0 Å². The maximum absolute atomic E-state index is 12.9. The number of amides is 1. The maximum atomic E-state index is 12.9. The number of carbonyl (C=O) groups excluding carboxylic acids is 2. The number of benzene rings is 2. The molecule has 0 radical (unpaired) electrons. The predicted molar refractivity (Wildman–Crippen MR) is 87.6 cm³/mol. The first kappa shape index (κ1) is 15.6. The summed E-state index contributed by atoms with van der Waals surface area (Å²) in [5, 5.41) is 0. The molecule has 2 aromatic rings. The Kier molecular flexibility index (Phi) is 3.87. The fraction of sp³-hybridized carbons (Fsp3) is 0.263. The summed E-state index contributed by atoms with van der Waals surface area (Å²) in [5.74, 6) is -0.824. The van der Waals surface area contributed by atoms with Crippen molar-refractivity contribution in [1.82, 2.24) is 4.90 Å². The highest BCUT2D eigenvalue weighted by atomic mass is 19.1. The molecule has 1 fully saturated rings. The number of hydrogen-bond acceptors (Lipinski definition) is 4. The molecule has 1 heterocycles. The van der Waals surface area contributed by atoms with Crippen LogP contribution in [0.1, 0.15) is 17.0 Å². The SMILES string of the molecule is O=C1OCN(C(=O)OCC2c3ccccc3-c3ccccc32)C1CF. The lowest BCUT2D eigenvalue weighted by Crippen LogP contribution is -2.40. The third kappa shape index (κ3) is 2.54. The minimum absolute atomic E-state index is 0.0839. The zero-order valence-electron chi connectivity index (χ0n) is 13.4. The molecule has 1 aliphatic heterocycles. The van der Waals surface area contributed by atoms with Gasteiger partial charge in [-0.25, -0.2) is 14.0 Å². The minimum atomic E-state index is -1.21. The highest BCUT2D eigenvalue weighted by Crippen LogP contribution is 2.44. The zero-order chi connectivity index (χ0) is 17.4. The van der Waals surface area contributed by atoms with Crippen LogP contribution in [0.5, 0.6) is 0 Å². The second-order valence-electron chi connectivity index (χ2n) is 6.04. The molecule has 1 amide bonds. The first-order chi connectivity index (χ1) is 12.2. The smallest absolute Gasteiger partial charge is 0.413 e. The molecular formula is C19H16FNO4. The first-order valence-electron chi connectivity index (χ1n) is 8.05. The largest absolute Gasteiger partial charge is 0.448 e. The number of fused-ring (bicyclic) bond motifs is 3. The van der Waals surface area contributed by atoms with Crippen LogP contribution in [0.3, 0.4) is 0 Å². The maximum Gasteiger partial charge on any atom is 0.413 e. The van der Waals surface area contributed by atoms with Crippen LogP contribution in [0.15, 0.2) is 48.5 Å². The summed E-state index contributed by atoms with van der Waals surface area (Å²) in [6.07, 6.45) is -0.740. The third-order valence-corrected chi connectivity index (χ3v) is 4.71. The van der Waals surface area contributed by atoms with Gasteiger partial charge < -0.3 is 9.47 Å². The number of esters is 1. The summed E-state index contributed by atoms with van der Waals surface area (Å²) >= 11 is 0. The van der Waals surface area contributed by atoms with Crippen molar-refractivity contribution in [2.75, 3.05) is 20.0 Å². The quantitative estimate of drug-likeness (QED) is 0.805. The van der Waals surface area contributed by atoms with Crippen molar-refractivity contribution in [2.24, 2.45) is 0 Å². The number of alkyl halides is 1. The predicted octanol–water partition coefficient (Wildman–Crippen LogP) is 3.09. The van der Waals surface area contributed by atoms with Gasteiger partial charge in [0.25, 0.3) is 0 Å². The lowest BCUT2D eigenvalue weighted by atomic mass is 9.98. The lowest BCUT2D eigenvalue weighted by molar-refractivity contribution is -0.139. The summed E-state index contributed by atoms with van der Waals surface area (Å²) in [5.41, 5.74) is 4.43. The second-order valence-corrected chi connectivity index (χ2v) is 6.04. The molecule has 1 saturated heterocycles. The van der Waals surface area contributed by atoms with Gasteiger partial charge in [0.15, 0.2) is 12.8 Å². The van der Waals surface area contributed by atoms with Crippen LogP contribution in [-0.4, -0.2) is 43.0 Å². The lowest BCUT2D eigenvalue weighted by Gasteiger charge is -2.20. The van der Waals surface area contributed by atoms with Gasteiger partial charge in [-0.05, 0) is 22.3 Å². The van der Waals surface area contributed by atoms with Crippen molar-refractivity contribution in [3.63, 3.8) is 0 Å². The van der Waals surface area contributed by atoms with Crippen LogP contribution < -0.4 is 0 Å². The number of carbonyl (C=O) groups is 2. The molecule has 0 spiro atoms. The molecule has 4 rings (SSSR count). The van der Waals surface area contributed by atoms with E-state index < -0.39 is 24.8 Å². The van der Waals surface area contributed by atoms with Gasteiger partial charge in [0.1, 0.15) is 13.3 Å². The average Bonchev–Trinajstić information content (AvgIpc) is 3.18. The molecule has 128 valence electrons. The van der Waals surface area contributed by atoms with E-state index >= 15 is 0 Å². The summed E-state index contributed by atoms with van der Waals surface area (Å²) in [7, 11) is 0. The van der Waals surface area contributed by atoms with Crippen LogP contribution in [-0.2, 0) is 14.3 Å². The molecule has 0 N–H and O–H groups in total. The van der Waals surface area contributed by atoms with Gasteiger partial charge in [-0.3, -0.25) is 4.90 Å². The normalized spacial score (nSPS) is 18.7. The van der Waals surface area contributed by atoms with Crippen molar-refractivity contribution in [3.05, 3.63) is 59.7 Å². The summed E-state index contributed by atoms with van der Waals surface area (Å²) in [4.78, 5) is 24.6.